The largest absolute Gasteiger partial charge is 0.508 e. The zero-order valence-corrected chi connectivity index (χ0v) is 7.16. The summed E-state index contributed by atoms with van der Waals surface area (Å²) >= 11 is 0. The molecule has 4 N–H and O–H groups in total. The summed E-state index contributed by atoms with van der Waals surface area (Å²) in [5, 5.41) is 12.4. The molecule has 2 rings (SSSR count). The number of benzene rings is 1. The van der Waals surface area contributed by atoms with Crippen molar-refractivity contribution in [3.05, 3.63) is 18.2 Å². The second-order valence-corrected chi connectivity index (χ2v) is 3.07. The van der Waals surface area contributed by atoms with Gasteiger partial charge in [0.25, 0.3) is 0 Å². The van der Waals surface area contributed by atoms with Gasteiger partial charge in [-0.1, -0.05) is 0 Å². The third-order valence-corrected chi connectivity index (χ3v) is 2.05. The maximum atomic E-state index is 9.22. The molecular formula is C9H12N2O2. The number of fused-ring (bicyclic) bond motifs is 1. The molecule has 0 amide bonds. The van der Waals surface area contributed by atoms with Crippen LogP contribution < -0.4 is 15.8 Å². The molecule has 0 radical (unpaired) electrons. The highest BCUT2D eigenvalue weighted by molar-refractivity contribution is 5.61. The van der Waals surface area contributed by atoms with Crippen LogP contribution in [0.1, 0.15) is 0 Å². The first kappa shape index (κ1) is 8.19. The van der Waals surface area contributed by atoms with Gasteiger partial charge in [0.05, 0.1) is 11.7 Å². The topological polar surface area (TPSA) is 67.5 Å². The lowest BCUT2D eigenvalue weighted by atomic mass is 10.2. The highest BCUT2D eigenvalue weighted by atomic mass is 16.5. The van der Waals surface area contributed by atoms with Gasteiger partial charge >= 0.3 is 0 Å². The number of hydrogen-bond acceptors (Lipinski definition) is 4. The number of hydrogen-bond donors (Lipinski definition) is 3. The summed E-state index contributed by atoms with van der Waals surface area (Å²) in [7, 11) is 0. The van der Waals surface area contributed by atoms with Gasteiger partial charge in [0.2, 0.25) is 0 Å². The van der Waals surface area contributed by atoms with E-state index in [1.165, 1.54) is 0 Å². The van der Waals surface area contributed by atoms with Crippen LogP contribution in [-0.2, 0) is 0 Å². The SMILES string of the molecule is NCC1COc2ccc(O)cc2N1. The lowest BCUT2D eigenvalue weighted by Crippen LogP contribution is -2.37. The van der Waals surface area contributed by atoms with Crippen molar-refractivity contribution < 1.29 is 9.84 Å². The molecule has 1 heterocycles. The van der Waals surface area contributed by atoms with Crippen LogP contribution in [0.5, 0.6) is 11.5 Å². The van der Waals surface area contributed by atoms with E-state index in [4.69, 9.17) is 10.5 Å². The molecule has 4 heteroatoms. The monoisotopic (exact) mass is 180 g/mol. The van der Waals surface area contributed by atoms with Crippen molar-refractivity contribution in [1.29, 1.82) is 0 Å². The Labute approximate surface area is 76.3 Å². The van der Waals surface area contributed by atoms with E-state index in [2.05, 4.69) is 5.32 Å². The Hall–Kier alpha value is -1.42. The highest BCUT2D eigenvalue weighted by Gasteiger charge is 2.17. The van der Waals surface area contributed by atoms with Gasteiger partial charge in [-0.3, -0.25) is 0 Å². The van der Waals surface area contributed by atoms with Gasteiger partial charge in [0.1, 0.15) is 18.1 Å². The van der Waals surface area contributed by atoms with Crippen molar-refractivity contribution >= 4 is 5.69 Å². The Balaban J connectivity index is 2.27. The number of rotatable bonds is 1. The molecule has 4 nitrogen and oxygen atoms in total. The Kier molecular flexibility index (Phi) is 1.98. The lowest BCUT2D eigenvalue weighted by Gasteiger charge is -2.26. The van der Waals surface area contributed by atoms with Crippen molar-refractivity contribution in [2.75, 3.05) is 18.5 Å². The van der Waals surface area contributed by atoms with Gasteiger partial charge < -0.3 is 20.9 Å². The minimum absolute atomic E-state index is 0.134. The maximum Gasteiger partial charge on any atom is 0.142 e. The summed E-state index contributed by atoms with van der Waals surface area (Å²) in [6, 6.07) is 5.11. The van der Waals surface area contributed by atoms with E-state index < -0.39 is 0 Å². The van der Waals surface area contributed by atoms with E-state index >= 15 is 0 Å². The van der Waals surface area contributed by atoms with Crippen LogP contribution in [0.4, 0.5) is 5.69 Å². The lowest BCUT2D eigenvalue weighted by molar-refractivity contribution is 0.286. The molecule has 13 heavy (non-hydrogen) atoms. The zero-order chi connectivity index (χ0) is 9.26. The van der Waals surface area contributed by atoms with Gasteiger partial charge in [0, 0.05) is 12.6 Å². The smallest absolute Gasteiger partial charge is 0.142 e. The Bertz CT molecular complexity index is 314. The molecule has 0 aromatic heterocycles. The Morgan fingerprint density at radius 2 is 2.46 bits per heavy atom. The van der Waals surface area contributed by atoms with Crippen molar-refractivity contribution in [2.45, 2.75) is 6.04 Å². The first-order chi connectivity index (χ1) is 6.29. The first-order valence-electron chi connectivity index (χ1n) is 4.22. The van der Waals surface area contributed by atoms with Gasteiger partial charge in [0.15, 0.2) is 0 Å². The fraction of sp³-hybridized carbons (Fsp3) is 0.333. The van der Waals surface area contributed by atoms with Gasteiger partial charge in [-0.2, -0.15) is 0 Å². The summed E-state index contributed by atoms with van der Waals surface area (Å²) in [6.07, 6.45) is 0. The van der Waals surface area contributed by atoms with E-state index in [1.807, 2.05) is 0 Å². The second-order valence-electron chi connectivity index (χ2n) is 3.07. The van der Waals surface area contributed by atoms with Gasteiger partial charge in [-0.15, -0.1) is 0 Å². The predicted octanol–water partition coefficient (Wildman–Crippen LogP) is 0.524. The van der Waals surface area contributed by atoms with Gasteiger partial charge in [-0.25, -0.2) is 0 Å². The molecular weight excluding hydrogens is 168 g/mol. The number of phenols is 1. The minimum Gasteiger partial charge on any atom is -0.508 e. The van der Waals surface area contributed by atoms with E-state index in [-0.39, 0.29) is 11.8 Å². The predicted molar refractivity (Wildman–Crippen MR) is 50.1 cm³/mol. The van der Waals surface area contributed by atoms with E-state index in [1.54, 1.807) is 18.2 Å². The molecule has 1 aliphatic rings. The van der Waals surface area contributed by atoms with Crippen LogP contribution >= 0.6 is 0 Å². The van der Waals surface area contributed by atoms with Crippen LogP contribution in [0.2, 0.25) is 0 Å². The molecule has 0 fully saturated rings. The molecule has 1 aromatic carbocycles. The molecule has 0 bridgehead atoms. The molecule has 0 saturated heterocycles. The number of anilines is 1. The Morgan fingerprint density at radius 1 is 1.62 bits per heavy atom. The highest BCUT2D eigenvalue weighted by Crippen LogP contribution is 2.31. The summed E-state index contributed by atoms with van der Waals surface area (Å²) in [4.78, 5) is 0. The maximum absolute atomic E-state index is 9.22. The van der Waals surface area contributed by atoms with E-state index in [0.29, 0.717) is 13.2 Å². The van der Waals surface area contributed by atoms with Crippen LogP contribution in [0, 0.1) is 0 Å². The third kappa shape index (κ3) is 1.53. The Morgan fingerprint density at radius 3 is 3.23 bits per heavy atom. The fourth-order valence-electron chi connectivity index (χ4n) is 1.34. The zero-order valence-electron chi connectivity index (χ0n) is 7.16. The number of aromatic hydroxyl groups is 1. The van der Waals surface area contributed by atoms with Crippen molar-refractivity contribution in [2.24, 2.45) is 5.73 Å². The molecule has 0 aliphatic carbocycles. The molecule has 1 aliphatic heterocycles. The first-order valence-corrected chi connectivity index (χ1v) is 4.22. The van der Waals surface area contributed by atoms with E-state index in [9.17, 15) is 5.11 Å². The standard InChI is InChI=1S/C9H12N2O2/c10-4-6-5-13-9-2-1-7(12)3-8(9)11-6/h1-3,6,11-12H,4-5,10H2. The molecule has 0 saturated carbocycles. The second kappa shape index (κ2) is 3.14. The third-order valence-electron chi connectivity index (χ3n) is 2.05. The minimum atomic E-state index is 0.134. The summed E-state index contributed by atoms with van der Waals surface area (Å²) in [6.45, 7) is 1.10. The molecule has 0 spiro atoms. The average Bonchev–Trinajstić information content (AvgIpc) is 2.16. The number of nitrogens with one attached hydrogen (secondary N) is 1. The van der Waals surface area contributed by atoms with Crippen LogP contribution in [-0.4, -0.2) is 24.3 Å². The molecule has 70 valence electrons. The molecule has 1 atom stereocenters. The van der Waals surface area contributed by atoms with E-state index in [0.717, 1.165) is 11.4 Å². The number of nitrogens with two attached hydrogens (primary N) is 1. The average molecular weight is 180 g/mol. The molecule has 1 unspecified atom stereocenters. The van der Waals surface area contributed by atoms with Crippen LogP contribution in [0.3, 0.4) is 0 Å². The van der Waals surface area contributed by atoms with Gasteiger partial charge in [-0.05, 0) is 12.1 Å². The van der Waals surface area contributed by atoms with Crippen LogP contribution in [0.15, 0.2) is 18.2 Å². The quantitative estimate of drug-likeness (QED) is 0.589. The normalized spacial score (nSPS) is 19.9. The van der Waals surface area contributed by atoms with Crippen molar-refractivity contribution in [3.8, 4) is 11.5 Å². The number of phenolic OH excluding ortho intramolecular Hbond substituents is 1. The van der Waals surface area contributed by atoms with Crippen molar-refractivity contribution in [3.63, 3.8) is 0 Å². The summed E-state index contributed by atoms with van der Waals surface area (Å²) in [5.41, 5.74) is 6.30. The number of ether oxygens (including phenoxy) is 1. The molecule has 1 aromatic rings. The van der Waals surface area contributed by atoms with Crippen molar-refractivity contribution in [1.82, 2.24) is 0 Å². The van der Waals surface area contributed by atoms with Crippen LogP contribution in [0.25, 0.3) is 0 Å². The summed E-state index contributed by atoms with van der Waals surface area (Å²) in [5.74, 6) is 0.995. The fourth-order valence-corrected chi connectivity index (χ4v) is 1.34. The summed E-state index contributed by atoms with van der Waals surface area (Å²) < 4.78 is 5.43.